The largest absolute Gasteiger partial charge is 0.336 e. The monoisotopic (exact) mass is 286 g/mol. The summed E-state index contributed by atoms with van der Waals surface area (Å²) in [5.74, 6) is 8.18. The smallest absolute Gasteiger partial charge is 0.210 e. The number of rotatable bonds is 4. The van der Waals surface area contributed by atoms with Crippen LogP contribution in [0.3, 0.4) is 0 Å². The van der Waals surface area contributed by atoms with Crippen molar-refractivity contribution in [1.29, 1.82) is 0 Å². The van der Waals surface area contributed by atoms with Crippen LogP contribution in [-0.4, -0.2) is 24.3 Å². The molecule has 0 bridgehead atoms. The Hall–Kier alpha value is -2.02. The number of pyridine rings is 1. The van der Waals surface area contributed by atoms with Crippen LogP contribution in [0.1, 0.15) is 30.3 Å². The first-order valence-electron chi connectivity index (χ1n) is 6.57. The highest BCUT2D eigenvalue weighted by Gasteiger charge is 2.29. The second-order valence-corrected chi connectivity index (χ2v) is 5.91. The van der Waals surface area contributed by atoms with Crippen LogP contribution in [0, 0.1) is 0 Å². The Balaban J connectivity index is 1.52. The maximum absolute atomic E-state index is 6.03. The third-order valence-electron chi connectivity index (χ3n) is 3.40. The molecule has 4 rings (SSSR count). The van der Waals surface area contributed by atoms with Crippen molar-refractivity contribution in [3.63, 3.8) is 0 Å². The minimum atomic E-state index is 0.511. The summed E-state index contributed by atoms with van der Waals surface area (Å²) in [6, 6.07) is 5.96. The first kappa shape index (κ1) is 11.8. The predicted molar refractivity (Wildman–Crippen MR) is 76.9 cm³/mol. The molecule has 0 radical (unpaired) electrons. The van der Waals surface area contributed by atoms with Crippen molar-refractivity contribution in [2.45, 2.75) is 29.7 Å². The molecule has 3 heterocycles. The molecule has 6 nitrogen and oxygen atoms in total. The van der Waals surface area contributed by atoms with Crippen molar-refractivity contribution in [3.8, 4) is 0 Å². The summed E-state index contributed by atoms with van der Waals surface area (Å²) in [5.41, 5.74) is 1.97. The molecule has 0 spiro atoms. The number of nitrogen functional groups attached to an aromatic ring is 1. The van der Waals surface area contributed by atoms with Gasteiger partial charge in [-0.05, 0) is 25.0 Å². The average Bonchev–Trinajstić information content (AvgIpc) is 3.10. The molecule has 0 aromatic carbocycles. The number of hydrogen-bond donors (Lipinski definition) is 1. The summed E-state index contributed by atoms with van der Waals surface area (Å²) in [6.07, 6.45) is 6.37. The zero-order chi connectivity index (χ0) is 13.5. The van der Waals surface area contributed by atoms with Crippen molar-refractivity contribution in [2.75, 3.05) is 5.84 Å². The van der Waals surface area contributed by atoms with Crippen LogP contribution in [0.15, 0.2) is 35.7 Å². The third kappa shape index (κ3) is 2.03. The number of imidazole rings is 1. The summed E-state index contributed by atoms with van der Waals surface area (Å²) in [7, 11) is 0. The van der Waals surface area contributed by atoms with Gasteiger partial charge in [0.25, 0.3) is 0 Å². The van der Waals surface area contributed by atoms with E-state index in [1.165, 1.54) is 12.8 Å². The lowest BCUT2D eigenvalue weighted by atomic mass is 10.4. The van der Waals surface area contributed by atoms with Gasteiger partial charge in [-0.3, -0.25) is 0 Å². The molecule has 0 saturated heterocycles. The van der Waals surface area contributed by atoms with Gasteiger partial charge in [0.15, 0.2) is 5.82 Å². The average molecular weight is 286 g/mol. The molecule has 1 saturated carbocycles. The Morgan fingerprint density at radius 3 is 3.00 bits per heavy atom. The van der Waals surface area contributed by atoms with Crippen LogP contribution in [-0.2, 0) is 5.75 Å². The van der Waals surface area contributed by atoms with Crippen molar-refractivity contribution >= 4 is 17.4 Å². The minimum absolute atomic E-state index is 0.511. The molecule has 7 heteroatoms. The summed E-state index contributed by atoms with van der Waals surface area (Å²) >= 11 is 1.57. The van der Waals surface area contributed by atoms with Gasteiger partial charge in [-0.15, -0.1) is 10.2 Å². The molecule has 0 atom stereocenters. The molecule has 0 unspecified atom stereocenters. The Morgan fingerprint density at radius 1 is 1.30 bits per heavy atom. The first-order valence-corrected chi connectivity index (χ1v) is 7.55. The number of hydrogen-bond acceptors (Lipinski definition) is 5. The van der Waals surface area contributed by atoms with E-state index in [9.17, 15) is 0 Å². The Morgan fingerprint density at radius 2 is 2.20 bits per heavy atom. The SMILES string of the molecule is Nn1c(SCc2cn3ccccc3n2)nnc1C1CC1. The topological polar surface area (TPSA) is 74.0 Å². The van der Waals surface area contributed by atoms with Crippen LogP contribution in [0.25, 0.3) is 5.65 Å². The lowest BCUT2D eigenvalue weighted by Gasteiger charge is -2.00. The Labute approximate surface area is 120 Å². The van der Waals surface area contributed by atoms with E-state index in [0.29, 0.717) is 5.92 Å². The van der Waals surface area contributed by atoms with Gasteiger partial charge in [0.1, 0.15) is 5.65 Å². The van der Waals surface area contributed by atoms with E-state index >= 15 is 0 Å². The highest BCUT2D eigenvalue weighted by molar-refractivity contribution is 7.98. The van der Waals surface area contributed by atoms with Crippen LogP contribution in [0.5, 0.6) is 0 Å². The molecule has 1 aliphatic rings. The third-order valence-corrected chi connectivity index (χ3v) is 4.37. The van der Waals surface area contributed by atoms with Gasteiger partial charge in [0.05, 0.1) is 5.69 Å². The fourth-order valence-electron chi connectivity index (χ4n) is 2.20. The molecular weight excluding hydrogens is 272 g/mol. The lowest BCUT2D eigenvalue weighted by molar-refractivity contribution is 0.790. The normalized spacial score (nSPS) is 15.0. The highest BCUT2D eigenvalue weighted by atomic mass is 32.2. The molecular formula is C13H14N6S. The Bertz CT molecular complexity index is 724. The number of fused-ring (bicyclic) bond motifs is 1. The Kier molecular flexibility index (Phi) is 2.66. The van der Waals surface area contributed by atoms with Crippen LogP contribution in [0.4, 0.5) is 0 Å². The number of aromatic nitrogens is 5. The molecule has 2 N–H and O–H groups in total. The van der Waals surface area contributed by atoms with Gasteiger partial charge < -0.3 is 10.2 Å². The van der Waals surface area contributed by atoms with Gasteiger partial charge in [0.2, 0.25) is 5.16 Å². The van der Waals surface area contributed by atoms with E-state index in [2.05, 4.69) is 15.2 Å². The summed E-state index contributed by atoms with van der Waals surface area (Å²) in [4.78, 5) is 4.56. The van der Waals surface area contributed by atoms with E-state index in [-0.39, 0.29) is 0 Å². The van der Waals surface area contributed by atoms with Crippen molar-refractivity contribution in [3.05, 3.63) is 42.1 Å². The van der Waals surface area contributed by atoms with Crippen molar-refractivity contribution < 1.29 is 0 Å². The summed E-state index contributed by atoms with van der Waals surface area (Å²) < 4.78 is 3.64. The van der Waals surface area contributed by atoms with Crippen LogP contribution < -0.4 is 5.84 Å². The zero-order valence-corrected chi connectivity index (χ0v) is 11.6. The van der Waals surface area contributed by atoms with Gasteiger partial charge in [0, 0.05) is 24.1 Å². The highest BCUT2D eigenvalue weighted by Crippen LogP contribution is 2.39. The molecule has 1 aliphatic carbocycles. The summed E-state index contributed by atoms with van der Waals surface area (Å²) in [6.45, 7) is 0. The van der Waals surface area contributed by atoms with Gasteiger partial charge in [-0.25, -0.2) is 9.66 Å². The standard InChI is InChI=1S/C13H14N6S/c14-19-12(9-4-5-9)16-17-13(19)20-8-10-7-18-6-2-1-3-11(18)15-10/h1-3,6-7,9H,4-5,8,14H2. The first-order chi connectivity index (χ1) is 9.81. The predicted octanol–water partition coefficient (Wildman–Crippen LogP) is 1.81. The lowest BCUT2D eigenvalue weighted by Crippen LogP contribution is -2.13. The minimum Gasteiger partial charge on any atom is -0.336 e. The zero-order valence-electron chi connectivity index (χ0n) is 10.8. The van der Waals surface area contributed by atoms with Gasteiger partial charge in [-0.2, -0.15) is 0 Å². The summed E-state index contributed by atoms with van der Waals surface area (Å²) in [5, 5.41) is 9.09. The van der Waals surface area contributed by atoms with Crippen LogP contribution >= 0.6 is 11.8 Å². The fraction of sp³-hybridized carbons (Fsp3) is 0.308. The second kappa shape index (κ2) is 4.52. The number of nitrogens with two attached hydrogens (primary N) is 1. The van der Waals surface area contributed by atoms with Gasteiger partial charge in [-0.1, -0.05) is 17.8 Å². The van der Waals surface area contributed by atoms with E-state index in [0.717, 1.165) is 28.1 Å². The van der Waals surface area contributed by atoms with Crippen LogP contribution in [0.2, 0.25) is 0 Å². The van der Waals surface area contributed by atoms with Crippen molar-refractivity contribution in [1.82, 2.24) is 24.3 Å². The van der Waals surface area contributed by atoms with E-state index in [4.69, 9.17) is 5.84 Å². The molecule has 0 aliphatic heterocycles. The number of nitrogens with zero attached hydrogens (tertiary/aromatic N) is 5. The van der Waals surface area contributed by atoms with E-state index in [1.807, 2.05) is 35.0 Å². The molecule has 0 amide bonds. The maximum atomic E-state index is 6.03. The molecule has 1 fully saturated rings. The molecule has 102 valence electrons. The van der Waals surface area contributed by atoms with Gasteiger partial charge >= 0.3 is 0 Å². The second-order valence-electron chi connectivity index (χ2n) is 4.97. The molecule has 3 aromatic heterocycles. The number of thioether (sulfide) groups is 1. The molecule has 3 aromatic rings. The van der Waals surface area contributed by atoms with Crippen molar-refractivity contribution in [2.24, 2.45) is 0 Å². The van der Waals surface area contributed by atoms with E-state index < -0.39 is 0 Å². The maximum Gasteiger partial charge on any atom is 0.210 e. The quantitative estimate of drug-likeness (QED) is 0.585. The molecule has 20 heavy (non-hydrogen) atoms. The fourth-order valence-corrected chi connectivity index (χ4v) is 2.95. The van der Waals surface area contributed by atoms with E-state index in [1.54, 1.807) is 16.4 Å².